The van der Waals surface area contributed by atoms with E-state index in [4.69, 9.17) is 11.6 Å². The quantitative estimate of drug-likeness (QED) is 0.452. The molecule has 0 saturated heterocycles. The Morgan fingerprint density at radius 3 is 3.13 bits per heavy atom. The van der Waals surface area contributed by atoms with Crippen LogP contribution in [0.15, 0.2) is 18.3 Å². The van der Waals surface area contributed by atoms with E-state index in [1.165, 1.54) is 11.8 Å². The number of halogens is 1. The molecule has 15 heavy (non-hydrogen) atoms. The molecule has 0 saturated carbocycles. The minimum atomic E-state index is 0.121. The molecule has 0 bridgehead atoms. The highest BCUT2D eigenvalue weighted by Gasteiger charge is 1.94. The third-order valence-corrected chi connectivity index (χ3v) is 2.63. The molecule has 0 fully saturated rings. The summed E-state index contributed by atoms with van der Waals surface area (Å²) >= 11 is 7.10. The lowest BCUT2D eigenvalue weighted by atomic mass is 10.3. The Morgan fingerprint density at radius 2 is 2.47 bits per heavy atom. The molecule has 1 heterocycles. The van der Waals surface area contributed by atoms with Crippen LogP contribution < -0.4 is 0 Å². The molecule has 0 unspecified atom stereocenters. The van der Waals surface area contributed by atoms with Crippen molar-refractivity contribution in [2.75, 3.05) is 5.75 Å². The van der Waals surface area contributed by atoms with E-state index < -0.39 is 0 Å². The number of thioether (sulfide) groups is 1. The van der Waals surface area contributed by atoms with Crippen LogP contribution in [0.2, 0.25) is 5.15 Å². The Labute approximate surface area is 98.4 Å². The van der Waals surface area contributed by atoms with Crippen LogP contribution in [0.3, 0.4) is 0 Å². The molecule has 0 N–H and O–H groups in total. The van der Waals surface area contributed by atoms with Gasteiger partial charge in [-0.25, -0.2) is 4.98 Å². The van der Waals surface area contributed by atoms with Gasteiger partial charge < -0.3 is 0 Å². The predicted molar refractivity (Wildman–Crippen MR) is 63.9 cm³/mol. The summed E-state index contributed by atoms with van der Waals surface area (Å²) in [5.41, 5.74) is 0.729. The predicted octanol–water partition coefficient (Wildman–Crippen LogP) is 2.76. The summed E-state index contributed by atoms with van der Waals surface area (Å²) in [5, 5.41) is 0.542. The maximum atomic E-state index is 10.6. The number of pyridine rings is 1. The van der Waals surface area contributed by atoms with Crippen LogP contribution >= 0.6 is 23.4 Å². The van der Waals surface area contributed by atoms with Crippen LogP contribution in [-0.4, -0.2) is 15.9 Å². The molecular weight excluding hydrogens is 230 g/mol. The fourth-order valence-corrected chi connectivity index (χ4v) is 1.54. The number of carbonyl (C=O) groups is 1. The van der Waals surface area contributed by atoms with Gasteiger partial charge >= 0.3 is 0 Å². The van der Waals surface area contributed by atoms with Crippen molar-refractivity contribution in [1.29, 1.82) is 0 Å². The van der Waals surface area contributed by atoms with Crippen molar-refractivity contribution in [3.8, 4) is 11.8 Å². The van der Waals surface area contributed by atoms with Crippen molar-refractivity contribution in [3.63, 3.8) is 0 Å². The maximum Gasteiger partial charge on any atom is 0.185 e. The van der Waals surface area contributed by atoms with E-state index in [1.807, 2.05) is 6.07 Å². The highest BCUT2D eigenvalue weighted by Crippen LogP contribution is 2.09. The summed E-state index contributed by atoms with van der Waals surface area (Å²) in [6.07, 6.45) is 2.30. The Kier molecular flexibility index (Phi) is 5.23. The third kappa shape index (κ3) is 4.87. The monoisotopic (exact) mass is 239 g/mol. The van der Waals surface area contributed by atoms with E-state index in [0.29, 0.717) is 11.6 Å². The number of nitrogens with zero attached hydrogens (tertiary/aromatic N) is 1. The number of hydrogen-bond acceptors (Lipinski definition) is 3. The zero-order valence-corrected chi connectivity index (χ0v) is 9.86. The molecule has 0 aromatic carbocycles. The molecule has 1 aromatic rings. The highest BCUT2D eigenvalue weighted by molar-refractivity contribution is 8.13. The number of rotatable bonds is 2. The molecule has 2 nitrogen and oxygen atoms in total. The van der Waals surface area contributed by atoms with Gasteiger partial charge in [0.2, 0.25) is 0 Å². The Morgan fingerprint density at radius 1 is 1.67 bits per heavy atom. The van der Waals surface area contributed by atoms with Crippen molar-refractivity contribution < 1.29 is 4.79 Å². The first-order valence-electron chi connectivity index (χ1n) is 4.43. The normalized spacial score (nSPS) is 9.20. The molecule has 0 aliphatic rings. The van der Waals surface area contributed by atoms with Crippen LogP contribution in [-0.2, 0) is 4.79 Å². The third-order valence-electron chi connectivity index (χ3n) is 1.51. The van der Waals surface area contributed by atoms with Gasteiger partial charge in [-0.05, 0) is 12.1 Å². The molecule has 0 radical (unpaired) electrons. The standard InChI is InChI=1S/C11H10ClNOS/c1-9(14)15-8-3-2-5-10-6-4-7-13-11(10)12/h4,6-7H,3,8H2,1H3. The first-order valence-corrected chi connectivity index (χ1v) is 5.79. The number of aromatic nitrogens is 1. The van der Waals surface area contributed by atoms with Crippen LogP contribution in [0.1, 0.15) is 18.9 Å². The fourth-order valence-electron chi connectivity index (χ4n) is 0.883. The van der Waals surface area contributed by atoms with E-state index in [2.05, 4.69) is 16.8 Å². The average Bonchev–Trinajstić information content (AvgIpc) is 2.20. The van der Waals surface area contributed by atoms with Gasteiger partial charge in [-0.2, -0.15) is 0 Å². The lowest BCUT2D eigenvalue weighted by Crippen LogP contribution is -1.84. The van der Waals surface area contributed by atoms with Crippen LogP contribution in [0.5, 0.6) is 0 Å². The molecule has 78 valence electrons. The molecule has 0 spiro atoms. The molecule has 0 atom stereocenters. The molecular formula is C11H10ClNOS. The summed E-state index contributed by atoms with van der Waals surface area (Å²) in [6.45, 7) is 1.55. The minimum Gasteiger partial charge on any atom is -0.288 e. The first kappa shape index (κ1) is 12.1. The smallest absolute Gasteiger partial charge is 0.185 e. The average molecular weight is 240 g/mol. The van der Waals surface area contributed by atoms with Gasteiger partial charge in [0.25, 0.3) is 0 Å². The minimum absolute atomic E-state index is 0.121. The molecule has 4 heteroatoms. The Hall–Kier alpha value is -0.980. The Balaban J connectivity index is 2.45. The van der Waals surface area contributed by atoms with E-state index in [9.17, 15) is 4.79 Å². The van der Waals surface area contributed by atoms with Gasteiger partial charge in [0.15, 0.2) is 5.12 Å². The number of hydrogen-bond donors (Lipinski definition) is 0. The van der Waals surface area contributed by atoms with Crippen LogP contribution in [0.25, 0.3) is 0 Å². The summed E-state index contributed by atoms with van der Waals surface area (Å²) in [7, 11) is 0. The topological polar surface area (TPSA) is 30.0 Å². The molecule has 0 amide bonds. The van der Waals surface area contributed by atoms with Crippen LogP contribution in [0, 0.1) is 11.8 Å². The zero-order chi connectivity index (χ0) is 11.1. The van der Waals surface area contributed by atoms with E-state index in [-0.39, 0.29) is 5.12 Å². The second-order valence-electron chi connectivity index (χ2n) is 2.73. The Bertz CT molecular complexity index is 409. The van der Waals surface area contributed by atoms with E-state index in [1.54, 1.807) is 19.2 Å². The fraction of sp³-hybridized carbons (Fsp3) is 0.273. The second kappa shape index (κ2) is 6.49. The SMILES string of the molecule is CC(=O)SCCC#Cc1cccnc1Cl. The molecule has 1 rings (SSSR count). The van der Waals surface area contributed by atoms with Crippen molar-refractivity contribution in [1.82, 2.24) is 4.98 Å². The van der Waals surface area contributed by atoms with Gasteiger partial charge in [0.05, 0.1) is 5.56 Å². The molecule has 0 aliphatic carbocycles. The lowest BCUT2D eigenvalue weighted by Gasteiger charge is -1.92. The van der Waals surface area contributed by atoms with Crippen molar-refractivity contribution >= 4 is 28.5 Å². The summed E-state index contributed by atoms with van der Waals surface area (Å²) < 4.78 is 0. The summed E-state index contributed by atoms with van der Waals surface area (Å²) in [6, 6.07) is 3.61. The summed E-state index contributed by atoms with van der Waals surface area (Å²) in [4.78, 5) is 14.5. The van der Waals surface area contributed by atoms with Gasteiger partial charge in [0.1, 0.15) is 5.15 Å². The van der Waals surface area contributed by atoms with Crippen LogP contribution in [0.4, 0.5) is 0 Å². The molecule has 0 aliphatic heterocycles. The van der Waals surface area contributed by atoms with Gasteiger partial charge in [0, 0.05) is 25.3 Å². The summed E-state index contributed by atoms with van der Waals surface area (Å²) in [5.74, 6) is 6.59. The number of carbonyl (C=O) groups excluding carboxylic acids is 1. The largest absolute Gasteiger partial charge is 0.288 e. The van der Waals surface area contributed by atoms with Crippen molar-refractivity contribution in [3.05, 3.63) is 29.0 Å². The highest BCUT2D eigenvalue weighted by atomic mass is 35.5. The van der Waals surface area contributed by atoms with E-state index in [0.717, 1.165) is 11.3 Å². The van der Waals surface area contributed by atoms with Gasteiger partial charge in [-0.3, -0.25) is 4.79 Å². The maximum absolute atomic E-state index is 10.6. The lowest BCUT2D eigenvalue weighted by molar-refractivity contribution is -0.109. The van der Waals surface area contributed by atoms with E-state index >= 15 is 0 Å². The second-order valence-corrected chi connectivity index (χ2v) is 4.36. The first-order chi connectivity index (χ1) is 7.20. The van der Waals surface area contributed by atoms with Crippen molar-refractivity contribution in [2.24, 2.45) is 0 Å². The zero-order valence-electron chi connectivity index (χ0n) is 8.29. The van der Waals surface area contributed by atoms with Crippen molar-refractivity contribution in [2.45, 2.75) is 13.3 Å². The molecule has 1 aromatic heterocycles. The van der Waals surface area contributed by atoms with Gasteiger partial charge in [-0.15, -0.1) is 0 Å². The van der Waals surface area contributed by atoms with Gasteiger partial charge in [-0.1, -0.05) is 35.2 Å².